The molecule has 3 aromatic rings. The number of hydrogen-bond donors (Lipinski definition) is 1. The summed E-state index contributed by atoms with van der Waals surface area (Å²) in [6.07, 6.45) is 0.0569. The van der Waals surface area contributed by atoms with Crippen LogP contribution in [0.4, 0.5) is 15.8 Å². The Kier molecular flexibility index (Phi) is 7.41. The average Bonchev–Trinajstić information content (AvgIpc) is 3.32. The van der Waals surface area contributed by atoms with Crippen LogP contribution in [0.5, 0.6) is 5.75 Å². The number of rotatable bonds is 7. The van der Waals surface area contributed by atoms with Gasteiger partial charge in [0.25, 0.3) is 0 Å². The van der Waals surface area contributed by atoms with Gasteiger partial charge in [-0.25, -0.2) is 9.38 Å². The van der Waals surface area contributed by atoms with E-state index in [1.54, 1.807) is 52.6 Å². The highest BCUT2D eigenvalue weighted by Crippen LogP contribution is 2.31. The molecular formula is C24H22FN3O3S2. The molecular weight excluding hydrogens is 461 g/mol. The number of halogens is 1. The van der Waals surface area contributed by atoms with Crippen molar-refractivity contribution in [3.63, 3.8) is 0 Å². The summed E-state index contributed by atoms with van der Waals surface area (Å²) in [7, 11) is 0. The summed E-state index contributed by atoms with van der Waals surface area (Å²) >= 11 is 2.78. The Morgan fingerprint density at radius 1 is 1.18 bits per heavy atom. The first-order valence-electron chi connectivity index (χ1n) is 10.4. The predicted octanol–water partition coefficient (Wildman–Crippen LogP) is 5.45. The Morgan fingerprint density at radius 3 is 2.61 bits per heavy atom. The molecule has 9 heteroatoms. The van der Waals surface area contributed by atoms with Crippen LogP contribution in [-0.4, -0.2) is 33.7 Å². The summed E-state index contributed by atoms with van der Waals surface area (Å²) in [5, 5.41) is 4.59. The van der Waals surface area contributed by atoms with Crippen LogP contribution in [0.2, 0.25) is 0 Å². The van der Waals surface area contributed by atoms with Crippen LogP contribution < -0.4 is 10.1 Å². The number of thioether (sulfide) groups is 1. The molecule has 0 saturated carbocycles. The standard InChI is InChI=1S/C24H22FN3O3S2/c1-2-31-19-11-9-17(10-12-19)26-23(30)21-14-22(29)28(15-20-4-3-13-32-20)24(33-21)27-18-7-5-16(25)6-8-18/h3-13,21H,2,14-15H2,1H3,(H,26,30). The predicted molar refractivity (Wildman–Crippen MR) is 131 cm³/mol. The summed E-state index contributed by atoms with van der Waals surface area (Å²) in [4.78, 5) is 33.2. The molecule has 33 heavy (non-hydrogen) atoms. The van der Waals surface area contributed by atoms with Gasteiger partial charge in [0.2, 0.25) is 11.8 Å². The molecule has 2 heterocycles. The molecule has 0 spiro atoms. The van der Waals surface area contributed by atoms with E-state index in [4.69, 9.17) is 4.74 Å². The van der Waals surface area contributed by atoms with Gasteiger partial charge < -0.3 is 10.1 Å². The van der Waals surface area contributed by atoms with Crippen molar-refractivity contribution in [2.24, 2.45) is 4.99 Å². The van der Waals surface area contributed by atoms with Gasteiger partial charge in [-0.15, -0.1) is 11.3 Å². The van der Waals surface area contributed by atoms with Crippen LogP contribution in [0, 0.1) is 5.82 Å². The number of carbonyl (C=O) groups is 2. The lowest BCUT2D eigenvalue weighted by atomic mass is 10.2. The quantitative estimate of drug-likeness (QED) is 0.485. The SMILES string of the molecule is CCOc1ccc(NC(=O)C2CC(=O)N(Cc3cccs3)C(=Nc3ccc(F)cc3)S2)cc1. The van der Waals surface area contributed by atoms with Crippen molar-refractivity contribution >= 4 is 51.5 Å². The first-order chi connectivity index (χ1) is 16.0. The number of benzene rings is 2. The van der Waals surface area contributed by atoms with Crippen LogP contribution in [0.15, 0.2) is 71.0 Å². The summed E-state index contributed by atoms with van der Waals surface area (Å²) in [5.74, 6) is -0.111. The maximum atomic E-state index is 13.3. The fraction of sp³-hybridized carbons (Fsp3) is 0.208. The maximum Gasteiger partial charge on any atom is 0.238 e. The summed E-state index contributed by atoms with van der Waals surface area (Å²) < 4.78 is 18.7. The Bertz CT molecular complexity index is 1130. The van der Waals surface area contributed by atoms with E-state index in [2.05, 4.69) is 10.3 Å². The first kappa shape index (κ1) is 23.0. The zero-order valence-corrected chi connectivity index (χ0v) is 19.5. The van der Waals surface area contributed by atoms with Crippen LogP contribution in [-0.2, 0) is 16.1 Å². The van der Waals surface area contributed by atoms with E-state index in [9.17, 15) is 14.0 Å². The molecule has 4 rings (SSSR count). The number of anilines is 1. The van der Waals surface area contributed by atoms with Gasteiger partial charge in [-0.05, 0) is 66.9 Å². The maximum absolute atomic E-state index is 13.3. The normalized spacial score (nSPS) is 17.3. The van der Waals surface area contributed by atoms with Gasteiger partial charge >= 0.3 is 0 Å². The second-order valence-electron chi connectivity index (χ2n) is 7.19. The fourth-order valence-corrected chi connectivity index (χ4v) is 5.00. The van der Waals surface area contributed by atoms with Gasteiger partial charge in [-0.3, -0.25) is 14.5 Å². The molecule has 1 aliphatic heterocycles. The van der Waals surface area contributed by atoms with Crippen LogP contribution >= 0.6 is 23.1 Å². The second kappa shape index (κ2) is 10.6. The topological polar surface area (TPSA) is 71.0 Å². The molecule has 1 atom stereocenters. The summed E-state index contributed by atoms with van der Waals surface area (Å²) in [5.41, 5.74) is 1.13. The number of carbonyl (C=O) groups excluding carboxylic acids is 2. The largest absolute Gasteiger partial charge is 0.494 e. The number of thiophene rings is 1. The number of hydrogen-bond acceptors (Lipinski definition) is 6. The number of amidine groups is 1. The van der Waals surface area contributed by atoms with Crippen molar-refractivity contribution in [3.05, 3.63) is 76.7 Å². The van der Waals surface area contributed by atoms with Gasteiger partial charge in [0.1, 0.15) is 16.8 Å². The molecule has 2 amide bonds. The lowest BCUT2D eigenvalue weighted by molar-refractivity contribution is -0.129. The van der Waals surface area contributed by atoms with Crippen molar-refractivity contribution in [1.82, 2.24) is 4.90 Å². The van der Waals surface area contributed by atoms with E-state index in [0.717, 1.165) is 10.6 Å². The number of nitrogens with zero attached hydrogens (tertiary/aromatic N) is 2. The molecule has 1 saturated heterocycles. The highest BCUT2D eigenvalue weighted by atomic mass is 32.2. The lowest BCUT2D eigenvalue weighted by Crippen LogP contribution is -2.44. The van der Waals surface area contributed by atoms with E-state index in [-0.39, 0.29) is 24.1 Å². The van der Waals surface area contributed by atoms with Crippen molar-refractivity contribution < 1.29 is 18.7 Å². The highest BCUT2D eigenvalue weighted by Gasteiger charge is 2.36. The van der Waals surface area contributed by atoms with E-state index in [1.807, 2.05) is 24.4 Å². The summed E-state index contributed by atoms with van der Waals surface area (Å²) in [6, 6.07) is 16.7. The van der Waals surface area contributed by atoms with E-state index in [1.165, 1.54) is 23.9 Å². The molecule has 2 aromatic carbocycles. The molecule has 1 fully saturated rings. The molecule has 0 radical (unpaired) electrons. The van der Waals surface area contributed by atoms with Crippen molar-refractivity contribution in [2.45, 2.75) is 25.1 Å². The Morgan fingerprint density at radius 2 is 1.94 bits per heavy atom. The zero-order chi connectivity index (χ0) is 23.2. The molecule has 1 aliphatic rings. The average molecular weight is 484 g/mol. The van der Waals surface area contributed by atoms with Gasteiger partial charge in [0, 0.05) is 17.0 Å². The van der Waals surface area contributed by atoms with Crippen molar-refractivity contribution in [2.75, 3.05) is 11.9 Å². The fourth-order valence-electron chi connectivity index (χ4n) is 3.21. The third-order valence-corrected chi connectivity index (χ3v) is 6.86. The molecule has 1 aromatic heterocycles. The van der Waals surface area contributed by atoms with Crippen LogP contribution in [0.25, 0.3) is 0 Å². The first-order valence-corrected chi connectivity index (χ1v) is 12.1. The smallest absolute Gasteiger partial charge is 0.238 e. The minimum Gasteiger partial charge on any atom is -0.494 e. The number of ether oxygens (including phenoxy) is 1. The monoisotopic (exact) mass is 483 g/mol. The number of nitrogens with one attached hydrogen (secondary N) is 1. The van der Waals surface area contributed by atoms with E-state index < -0.39 is 5.25 Å². The second-order valence-corrected chi connectivity index (χ2v) is 9.39. The molecule has 0 bridgehead atoms. The van der Waals surface area contributed by atoms with Crippen LogP contribution in [0.1, 0.15) is 18.2 Å². The van der Waals surface area contributed by atoms with Gasteiger partial charge in [0.05, 0.1) is 18.8 Å². The molecule has 6 nitrogen and oxygen atoms in total. The van der Waals surface area contributed by atoms with Crippen LogP contribution in [0.3, 0.4) is 0 Å². The number of amides is 2. The van der Waals surface area contributed by atoms with Gasteiger partial charge in [-0.2, -0.15) is 0 Å². The molecule has 0 aliphatic carbocycles. The Labute approximate surface area is 199 Å². The molecule has 1 unspecified atom stereocenters. The molecule has 1 N–H and O–H groups in total. The summed E-state index contributed by atoms with van der Waals surface area (Å²) in [6.45, 7) is 2.83. The van der Waals surface area contributed by atoms with Gasteiger partial charge in [-0.1, -0.05) is 17.8 Å². The molecule has 170 valence electrons. The Balaban J connectivity index is 1.53. The third kappa shape index (κ3) is 6.00. The van der Waals surface area contributed by atoms with Crippen molar-refractivity contribution in [3.8, 4) is 5.75 Å². The van der Waals surface area contributed by atoms with Crippen molar-refractivity contribution in [1.29, 1.82) is 0 Å². The number of aliphatic imine (C=N–C) groups is 1. The van der Waals surface area contributed by atoms with E-state index in [0.29, 0.717) is 29.7 Å². The Hall–Kier alpha value is -3.17. The zero-order valence-electron chi connectivity index (χ0n) is 17.9. The minimum absolute atomic E-state index is 0.0569. The van der Waals surface area contributed by atoms with Gasteiger partial charge in [0.15, 0.2) is 5.17 Å². The van der Waals surface area contributed by atoms with E-state index >= 15 is 0 Å². The highest BCUT2D eigenvalue weighted by molar-refractivity contribution is 8.15. The minimum atomic E-state index is -0.636. The third-order valence-electron chi connectivity index (χ3n) is 4.81. The lowest BCUT2D eigenvalue weighted by Gasteiger charge is -2.31.